The molecule has 3 aromatic rings. The zero-order valence-corrected chi connectivity index (χ0v) is 11.5. The van der Waals surface area contributed by atoms with Crippen molar-refractivity contribution in [3.8, 4) is 0 Å². The first kappa shape index (κ1) is 12.6. The summed E-state index contributed by atoms with van der Waals surface area (Å²) in [5, 5.41) is 0. The SMILES string of the molecule is Cc1cc(NS(=O)(=O)c2ccc3nc[nH]c3c2)ccn1. The maximum atomic E-state index is 12.3. The van der Waals surface area contributed by atoms with Gasteiger partial charge in [-0.3, -0.25) is 9.71 Å². The Kier molecular flexibility index (Phi) is 2.90. The fourth-order valence-corrected chi connectivity index (χ4v) is 2.98. The van der Waals surface area contributed by atoms with Crippen molar-refractivity contribution in [2.24, 2.45) is 0 Å². The number of pyridine rings is 1. The van der Waals surface area contributed by atoms with E-state index in [9.17, 15) is 8.42 Å². The molecule has 6 nitrogen and oxygen atoms in total. The highest BCUT2D eigenvalue weighted by atomic mass is 32.2. The molecule has 2 aromatic heterocycles. The van der Waals surface area contributed by atoms with Crippen molar-refractivity contribution < 1.29 is 8.42 Å². The molecule has 2 N–H and O–H groups in total. The summed E-state index contributed by atoms with van der Waals surface area (Å²) in [6, 6.07) is 8.03. The average Bonchev–Trinajstić information content (AvgIpc) is 2.85. The van der Waals surface area contributed by atoms with Gasteiger partial charge in [0.1, 0.15) is 0 Å². The van der Waals surface area contributed by atoms with Gasteiger partial charge in [-0.05, 0) is 37.3 Å². The first-order valence-corrected chi connectivity index (χ1v) is 7.41. The van der Waals surface area contributed by atoms with Crippen molar-refractivity contribution in [1.29, 1.82) is 0 Å². The van der Waals surface area contributed by atoms with Gasteiger partial charge in [0.05, 0.1) is 27.9 Å². The van der Waals surface area contributed by atoms with Crippen LogP contribution in [0.3, 0.4) is 0 Å². The number of rotatable bonds is 3. The maximum absolute atomic E-state index is 12.3. The second-order valence-electron chi connectivity index (χ2n) is 4.37. The Labute approximate surface area is 115 Å². The van der Waals surface area contributed by atoms with Crippen molar-refractivity contribution in [3.63, 3.8) is 0 Å². The fraction of sp³-hybridized carbons (Fsp3) is 0.0769. The van der Waals surface area contributed by atoms with Crippen LogP contribution in [0.15, 0.2) is 47.8 Å². The number of aromatic nitrogens is 3. The largest absolute Gasteiger partial charge is 0.345 e. The summed E-state index contributed by atoms with van der Waals surface area (Å²) < 4.78 is 27.2. The number of anilines is 1. The number of hydrogen-bond donors (Lipinski definition) is 2. The minimum absolute atomic E-state index is 0.184. The van der Waals surface area contributed by atoms with Gasteiger partial charge in [0, 0.05) is 11.9 Å². The first-order chi connectivity index (χ1) is 9.54. The summed E-state index contributed by atoms with van der Waals surface area (Å²) >= 11 is 0. The molecule has 0 spiro atoms. The molecule has 0 saturated heterocycles. The lowest BCUT2D eigenvalue weighted by Crippen LogP contribution is -2.13. The number of hydrogen-bond acceptors (Lipinski definition) is 4. The zero-order chi connectivity index (χ0) is 14.2. The van der Waals surface area contributed by atoms with Crippen LogP contribution < -0.4 is 4.72 Å². The van der Waals surface area contributed by atoms with E-state index in [1.165, 1.54) is 12.4 Å². The lowest BCUT2D eigenvalue weighted by molar-refractivity contribution is 0.601. The number of aromatic amines is 1. The molecule has 1 aromatic carbocycles. The van der Waals surface area contributed by atoms with Gasteiger partial charge < -0.3 is 4.98 Å². The number of aryl methyl sites for hydroxylation is 1. The van der Waals surface area contributed by atoms with Crippen LogP contribution in [0, 0.1) is 6.92 Å². The van der Waals surface area contributed by atoms with Crippen LogP contribution in [-0.4, -0.2) is 23.4 Å². The Balaban J connectivity index is 1.98. The summed E-state index contributed by atoms with van der Waals surface area (Å²) in [6.07, 6.45) is 3.09. The maximum Gasteiger partial charge on any atom is 0.261 e. The third-order valence-electron chi connectivity index (χ3n) is 2.85. The average molecular weight is 288 g/mol. The number of sulfonamides is 1. The topological polar surface area (TPSA) is 87.7 Å². The van der Waals surface area contributed by atoms with Crippen molar-refractivity contribution in [2.75, 3.05) is 4.72 Å². The molecule has 0 fully saturated rings. The first-order valence-electron chi connectivity index (χ1n) is 5.93. The van der Waals surface area contributed by atoms with E-state index in [2.05, 4.69) is 19.7 Å². The van der Waals surface area contributed by atoms with Crippen LogP contribution in [0.5, 0.6) is 0 Å². The predicted octanol–water partition coefficient (Wildman–Crippen LogP) is 2.07. The van der Waals surface area contributed by atoms with Gasteiger partial charge >= 0.3 is 0 Å². The monoisotopic (exact) mass is 288 g/mol. The van der Waals surface area contributed by atoms with Crippen LogP contribution in [-0.2, 0) is 10.0 Å². The lowest BCUT2D eigenvalue weighted by Gasteiger charge is -2.08. The predicted molar refractivity (Wildman–Crippen MR) is 75.9 cm³/mol. The summed E-state index contributed by atoms with van der Waals surface area (Å²) in [5.74, 6) is 0. The third kappa shape index (κ3) is 2.35. The van der Waals surface area contributed by atoms with Gasteiger partial charge in [0.2, 0.25) is 0 Å². The number of fused-ring (bicyclic) bond motifs is 1. The van der Waals surface area contributed by atoms with Gasteiger partial charge in [-0.25, -0.2) is 13.4 Å². The number of nitrogens with zero attached hydrogens (tertiary/aromatic N) is 2. The Morgan fingerprint density at radius 2 is 2.00 bits per heavy atom. The van der Waals surface area contributed by atoms with Gasteiger partial charge in [-0.15, -0.1) is 0 Å². The molecule has 2 heterocycles. The molecular formula is C13H12N4O2S. The second-order valence-corrected chi connectivity index (χ2v) is 6.06. The Bertz CT molecular complexity index is 871. The molecule has 102 valence electrons. The van der Waals surface area contributed by atoms with Crippen LogP contribution in [0.2, 0.25) is 0 Å². The molecule has 0 amide bonds. The van der Waals surface area contributed by atoms with E-state index in [1.54, 1.807) is 37.4 Å². The third-order valence-corrected chi connectivity index (χ3v) is 4.23. The molecule has 0 bridgehead atoms. The zero-order valence-electron chi connectivity index (χ0n) is 10.7. The highest BCUT2D eigenvalue weighted by Gasteiger charge is 2.15. The van der Waals surface area contributed by atoms with Crippen molar-refractivity contribution in [1.82, 2.24) is 15.0 Å². The standard InChI is InChI=1S/C13H12N4O2S/c1-9-6-10(4-5-14-9)17-20(18,19)11-2-3-12-13(7-11)16-8-15-12/h2-8H,1H3,(H,14,17)(H,15,16). The van der Waals surface area contributed by atoms with E-state index in [-0.39, 0.29) is 4.90 Å². The Morgan fingerprint density at radius 1 is 1.15 bits per heavy atom. The minimum atomic E-state index is -3.62. The van der Waals surface area contributed by atoms with Crippen LogP contribution in [0.4, 0.5) is 5.69 Å². The molecule has 0 atom stereocenters. The molecule has 0 radical (unpaired) electrons. The van der Waals surface area contributed by atoms with Crippen LogP contribution >= 0.6 is 0 Å². The summed E-state index contributed by atoms with van der Waals surface area (Å²) in [6.45, 7) is 1.80. The molecule has 0 unspecified atom stereocenters. The van der Waals surface area contributed by atoms with E-state index in [4.69, 9.17) is 0 Å². The molecular weight excluding hydrogens is 276 g/mol. The lowest BCUT2D eigenvalue weighted by atomic mass is 10.3. The van der Waals surface area contributed by atoms with Crippen LogP contribution in [0.1, 0.15) is 5.69 Å². The minimum Gasteiger partial charge on any atom is -0.345 e. The molecule has 0 aliphatic rings. The fourth-order valence-electron chi connectivity index (χ4n) is 1.90. The van der Waals surface area contributed by atoms with Crippen molar-refractivity contribution in [2.45, 2.75) is 11.8 Å². The molecule has 3 rings (SSSR count). The van der Waals surface area contributed by atoms with E-state index in [1.807, 2.05) is 0 Å². The Morgan fingerprint density at radius 3 is 2.80 bits per heavy atom. The van der Waals surface area contributed by atoms with Crippen LogP contribution in [0.25, 0.3) is 11.0 Å². The van der Waals surface area contributed by atoms with Crippen molar-refractivity contribution >= 4 is 26.7 Å². The number of nitrogens with one attached hydrogen (secondary N) is 2. The Hall–Kier alpha value is -2.41. The molecule has 0 aliphatic carbocycles. The van der Waals surface area contributed by atoms with Gasteiger partial charge in [0.25, 0.3) is 10.0 Å². The van der Waals surface area contributed by atoms with E-state index < -0.39 is 10.0 Å². The summed E-state index contributed by atoms with van der Waals surface area (Å²) in [7, 11) is -3.62. The number of imidazole rings is 1. The molecule has 7 heteroatoms. The smallest absolute Gasteiger partial charge is 0.261 e. The highest BCUT2D eigenvalue weighted by molar-refractivity contribution is 7.92. The quantitative estimate of drug-likeness (QED) is 0.772. The van der Waals surface area contributed by atoms with E-state index in [0.29, 0.717) is 11.2 Å². The van der Waals surface area contributed by atoms with E-state index >= 15 is 0 Å². The molecule has 0 aliphatic heterocycles. The molecule has 0 saturated carbocycles. The van der Waals surface area contributed by atoms with Gasteiger partial charge in [0.15, 0.2) is 0 Å². The molecule has 20 heavy (non-hydrogen) atoms. The summed E-state index contributed by atoms with van der Waals surface area (Å²) in [5.41, 5.74) is 2.64. The van der Waals surface area contributed by atoms with Gasteiger partial charge in [-0.2, -0.15) is 0 Å². The van der Waals surface area contributed by atoms with Gasteiger partial charge in [-0.1, -0.05) is 0 Å². The number of H-pyrrole nitrogens is 1. The van der Waals surface area contributed by atoms with E-state index in [0.717, 1.165) is 11.2 Å². The normalized spacial score (nSPS) is 11.7. The number of benzene rings is 1. The second kappa shape index (κ2) is 4.61. The highest BCUT2D eigenvalue weighted by Crippen LogP contribution is 2.19. The summed E-state index contributed by atoms with van der Waals surface area (Å²) in [4.78, 5) is 11.2. The van der Waals surface area contributed by atoms with Crippen molar-refractivity contribution in [3.05, 3.63) is 48.5 Å².